The van der Waals surface area contributed by atoms with Crippen molar-refractivity contribution in [1.82, 2.24) is 0 Å². The van der Waals surface area contributed by atoms with E-state index in [4.69, 9.17) is 0 Å². The van der Waals surface area contributed by atoms with Crippen LogP contribution in [0.5, 0.6) is 0 Å². The van der Waals surface area contributed by atoms with Gasteiger partial charge in [-0.1, -0.05) is 74.5 Å². The summed E-state index contributed by atoms with van der Waals surface area (Å²) in [6.45, 7) is 7.24. The summed E-state index contributed by atoms with van der Waals surface area (Å²) in [7, 11) is 0. The van der Waals surface area contributed by atoms with Crippen LogP contribution in [0.3, 0.4) is 0 Å². The second-order valence-corrected chi connectivity index (χ2v) is 7.15. The topological polar surface area (TPSA) is 15.3 Å². The van der Waals surface area contributed by atoms with Gasteiger partial charge in [0.1, 0.15) is 0 Å². The van der Waals surface area contributed by atoms with Gasteiger partial charge in [0.2, 0.25) is 0 Å². The van der Waals surface area contributed by atoms with Crippen LogP contribution in [-0.2, 0) is 13.1 Å². The zero-order chi connectivity index (χ0) is 18.2. The van der Waals surface area contributed by atoms with Crippen molar-refractivity contribution in [3.8, 4) is 0 Å². The Labute approximate surface area is 157 Å². The van der Waals surface area contributed by atoms with Gasteiger partial charge in [-0.05, 0) is 41.3 Å². The van der Waals surface area contributed by atoms with E-state index in [1.165, 1.54) is 22.5 Å². The molecule has 0 aromatic heterocycles. The average molecular weight is 345 g/mol. The van der Waals surface area contributed by atoms with Crippen molar-refractivity contribution in [3.05, 3.63) is 96.1 Å². The van der Waals surface area contributed by atoms with E-state index in [-0.39, 0.29) is 0 Å². The minimum absolute atomic E-state index is 0.641. The number of hydrogen-bond donors (Lipinski definition) is 1. The third kappa shape index (κ3) is 5.38. The number of anilines is 2. The van der Waals surface area contributed by atoms with Gasteiger partial charge in [-0.25, -0.2) is 0 Å². The monoisotopic (exact) mass is 344 g/mol. The van der Waals surface area contributed by atoms with Gasteiger partial charge in [0, 0.05) is 31.0 Å². The SMILES string of the molecule is CC(C)CNc1ccc(N(Cc2ccccc2)Cc2ccccc2)cc1. The third-order valence-corrected chi connectivity index (χ3v) is 4.38. The summed E-state index contributed by atoms with van der Waals surface area (Å²) in [5.74, 6) is 0.641. The van der Waals surface area contributed by atoms with Crippen molar-refractivity contribution in [2.75, 3.05) is 16.8 Å². The van der Waals surface area contributed by atoms with Crippen LogP contribution in [0.2, 0.25) is 0 Å². The molecule has 0 radical (unpaired) electrons. The van der Waals surface area contributed by atoms with Crippen molar-refractivity contribution >= 4 is 11.4 Å². The number of rotatable bonds is 8. The van der Waals surface area contributed by atoms with Crippen LogP contribution in [0.1, 0.15) is 25.0 Å². The first-order valence-corrected chi connectivity index (χ1v) is 9.37. The van der Waals surface area contributed by atoms with Gasteiger partial charge >= 0.3 is 0 Å². The lowest BCUT2D eigenvalue weighted by molar-refractivity contribution is 0.689. The molecule has 0 spiro atoms. The van der Waals surface area contributed by atoms with Gasteiger partial charge in [0.25, 0.3) is 0 Å². The lowest BCUT2D eigenvalue weighted by Crippen LogP contribution is -2.22. The highest BCUT2D eigenvalue weighted by Crippen LogP contribution is 2.22. The van der Waals surface area contributed by atoms with Crippen molar-refractivity contribution in [1.29, 1.82) is 0 Å². The van der Waals surface area contributed by atoms with Gasteiger partial charge in [0.05, 0.1) is 0 Å². The molecule has 1 N–H and O–H groups in total. The predicted octanol–water partition coefficient (Wildman–Crippen LogP) is 5.96. The molecule has 0 heterocycles. The maximum atomic E-state index is 3.49. The van der Waals surface area contributed by atoms with Gasteiger partial charge in [-0.3, -0.25) is 0 Å². The highest BCUT2D eigenvalue weighted by molar-refractivity contribution is 5.55. The summed E-state index contributed by atoms with van der Waals surface area (Å²) >= 11 is 0. The minimum atomic E-state index is 0.641. The molecule has 0 saturated heterocycles. The molecule has 0 unspecified atom stereocenters. The Balaban J connectivity index is 1.78. The summed E-state index contributed by atoms with van der Waals surface area (Å²) in [5, 5.41) is 3.49. The van der Waals surface area contributed by atoms with E-state index in [0.717, 1.165) is 19.6 Å². The highest BCUT2D eigenvalue weighted by atomic mass is 15.1. The smallest absolute Gasteiger partial charge is 0.0433 e. The van der Waals surface area contributed by atoms with Gasteiger partial charge in [-0.15, -0.1) is 0 Å². The molecule has 0 aliphatic carbocycles. The molecule has 134 valence electrons. The summed E-state index contributed by atoms with van der Waals surface area (Å²) in [4.78, 5) is 2.43. The highest BCUT2D eigenvalue weighted by Gasteiger charge is 2.09. The molecule has 2 heteroatoms. The number of hydrogen-bond acceptors (Lipinski definition) is 2. The van der Waals surface area contributed by atoms with Crippen LogP contribution in [0.4, 0.5) is 11.4 Å². The molecule has 3 aromatic rings. The molecule has 0 atom stereocenters. The molecule has 3 aromatic carbocycles. The van der Waals surface area contributed by atoms with Crippen molar-refractivity contribution in [2.45, 2.75) is 26.9 Å². The Bertz CT molecular complexity index is 723. The third-order valence-electron chi connectivity index (χ3n) is 4.38. The Morgan fingerprint density at radius 2 is 1.19 bits per heavy atom. The second kappa shape index (κ2) is 9.10. The molecule has 0 amide bonds. The van der Waals surface area contributed by atoms with Gasteiger partial charge in [-0.2, -0.15) is 0 Å². The van der Waals surface area contributed by atoms with Crippen molar-refractivity contribution < 1.29 is 0 Å². The Morgan fingerprint density at radius 1 is 0.692 bits per heavy atom. The minimum Gasteiger partial charge on any atom is -0.385 e. The summed E-state index contributed by atoms with van der Waals surface area (Å²) < 4.78 is 0. The molecule has 0 fully saturated rings. The van der Waals surface area contributed by atoms with Crippen molar-refractivity contribution in [2.24, 2.45) is 5.92 Å². The number of nitrogens with one attached hydrogen (secondary N) is 1. The quantitative estimate of drug-likeness (QED) is 0.542. The molecular formula is C24H28N2. The summed E-state index contributed by atoms with van der Waals surface area (Å²) in [6, 6.07) is 30.1. The molecule has 3 rings (SSSR count). The van der Waals surface area contributed by atoms with E-state index in [9.17, 15) is 0 Å². The lowest BCUT2D eigenvalue weighted by atomic mass is 10.1. The normalized spacial score (nSPS) is 10.7. The summed E-state index contributed by atoms with van der Waals surface area (Å²) in [6.07, 6.45) is 0. The Hall–Kier alpha value is -2.74. The fraction of sp³-hybridized carbons (Fsp3) is 0.250. The molecule has 0 aliphatic heterocycles. The Morgan fingerprint density at radius 3 is 1.65 bits per heavy atom. The van der Waals surface area contributed by atoms with Gasteiger partial charge in [0.15, 0.2) is 0 Å². The zero-order valence-corrected chi connectivity index (χ0v) is 15.7. The predicted molar refractivity (Wildman–Crippen MR) is 113 cm³/mol. The van der Waals surface area contributed by atoms with E-state index in [1.807, 2.05) is 0 Å². The second-order valence-electron chi connectivity index (χ2n) is 7.15. The molecule has 0 aliphatic rings. The van der Waals surface area contributed by atoms with Crippen LogP contribution in [0.15, 0.2) is 84.9 Å². The largest absolute Gasteiger partial charge is 0.385 e. The van der Waals surface area contributed by atoms with E-state index < -0.39 is 0 Å². The van der Waals surface area contributed by atoms with Crippen LogP contribution in [0, 0.1) is 5.92 Å². The molecule has 0 saturated carbocycles. The number of nitrogens with zero attached hydrogens (tertiary/aromatic N) is 1. The maximum Gasteiger partial charge on any atom is 0.0433 e. The first-order chi connectivity index (χ1) is 12.7. The van der Waals surface area contributed by atoms with E-state index >= 15 is 0 Å². The maximum absolute atomic E-state index is 3.49. The number of benzene rings is 3. The Kier molecular flexibility index (Phi) is 6.32. The fourth-order valence-corrected chi connectivity index (χ4v) is 2.96. The van der Waals surface area contributed by atoms with Crippen LogP contribution in [-0.4, -0.2) is 6.54 Å². The van der Waals surface area contributed by atoms with Crippen molar-refractivity contribution in [3.63, 3.8) is 0 Å². The van der Waals surface area contributed by atoms with Crippen LogP contribution >= 0.6 is 0 Å². The molecular weight excluding hydrogens is 316 g/mol. The molecule has 2 nitrogen and oxygen atoms in total. The zero-order valence-electron chi connectivity index (χ0n) is 15.7. The lowest BCUT2D eigenvalue weighted by Gasteiger charge is -2.25. The van der Waals surface area contributed by atoms with Crippen LogP contribution in [0.25, 0.3) is 0 Å². The van der Waals surface area contributed by atoms with E-state index in [0.29, 0.717) is 5.92 Å². The van der Waals surface area contributed by atoms with E-state index in [1.54, 1.807) is 0 Å². The first-order valence-electron chi connectivity index (χ1n) is 9.37. The summed E-state index contributed by atoms with van der Waals surface area (Å²) in [5.41, 5.74) is 5.07. The first kappa shape index (κ1) is 18.1. The molecule has 0 bridgehead atoms. The average Bonchev–Trinajstić information content (AvgIpc) is 2.68. The fourth-order valence-electron chi connectivity index (χ4n) is 2.96. The molecule has 26 heavy (non-hydrogen) atoms. The van der Waals surface area contributed by atoms with Gasteiger partial charge < -0.3 is 10.2 Å². The van der Waals surface area contributed by atoms with Crippen LogP contribution < -0.4 is 10.2 Å². The standard InChI is InChI=1S/C24H28N2/c1-20(2)17-25-23-13-15-24(16-14-23)26(18-21-9-5-3-6-10-21)19-22-11-7-4-8-12-22/h3-16,20,25H,17-19H2,1-2H3. The van der Waals surface area contributed by atoms with E-state index in [2.05, 4.69) is 109 Å².